The Hall–Kier alpha value is -3.46. The second-order valence-electron chi connectivity index (χ2n) is 6.62. The SMILES string of the molecule is COc1ccc(C(=O)c2sc3cc(-c4ccco4)cc(C(F)(F)F)c3c2N)cc1OC. The van der Waals surface area contributed by atoms with Gasteiger partial charge in [-0.15, -0.1) is 11.3 Å². The molecule has 0 bridgehead atoms. The van der Waals surface area contributed by atoms with Gasteiger partial charge in [0.25, 0.3) is 0 Å². The summed E-state index contributed by atoms with van der Waals surface area (Å²) >= 11 is 0.904. The average Bonchev–Trinajstić information content (AvgIpc) is 3.40. The number of methoxy groups -OCH3 is 2. The van der Waals surface area contributed by atoms with Crippen molar-refractivity contribution in [3.05, 3.63) is 64.7 Å². The quantitative estimate of drug-likeness (QED) is 0.379. The zero-order chi connectivity index (χ0) is 22.3. The number of alkyl halides is 3. The molecule has 5 nitrogen and oxygen atoms in total. The van der Waals surface area contributed by atoms with Crippen molar-refractivity contribution >= 4 is 32.9 Å². The largest absolute Gasteiger partial charge is 0.493 e. The number of hydrogen-bond acceptors (Lipinski definition) is 6. The van der Waals surface area contributed by atoms with Crippen molar-refractivity contribution in [1.29, 1.82) is 0 Å². The molecule has 4 aromatic rings. The Balaban J connectivity index is 1.90. The van der Waals surface area contributed by atoms with Crippen molar-refractivity contribution in [2.24, 2.45) is 0 Å². The van der Waals surface area contributed by atoms with E-state index < -0.39 is 17.5 Å². The molecule has 2 aromatic carbocycles. The van der Waals surface area contributed by atoms with E-state index in [4.69, 9.17) is 19.6 Å². The van der Waals surface area contributed by atoms with Crippen LogP contribution in [0.25, 0.3) is 21.4 Å². The molecule has 0 aliphatic heterocycles. The first-order valence-electron chi connectivity index (χ1n) is 8.98. The minimum Gasteiger partial charge on any atom is -0.493 e. The Morgan fingerprint density at radius 1 is 1.06 bits per heavy atom. The molecule has 31 heavy (non-hydrogen) atoms. The molecule has 0 spiro atoms. The van der Waals surface area contributed by atoms with Crippen LogP contribution < -0.4 is 15.2 Å². The van der Waals surface area contributed by atoms with E-state index >= 15 is 0 Å². The molecule has 0 fully saturated rings. The number of fused-ring (bicyclic) bond motifs is 1. The van der Waals surface area contributed by atoms with Gasteiger partial charge in [-0.25, -0.2) is 0 Å². The van der Waals surface area contributed by atoms with Crippen molar-refractivity contribution in [3.63, 3.8) is 0 Å². The van der Waals surface area contributed by atoms with Crippen LogP contribution in [0, 0.1) is 0 Å². The molecule has 2 heterocycles. The van der Waals surface area contributed by atoms with E-state index in [1.807, 2.05) is 0 Å². The Morgan fingerprint density at radius 3 is 2.42 bits per heavy atom. The number of hydrogen-bond donors (Lipinski definition) is 1. The zero-order valence-electron chi connectivity index (χ0n) is 16.4. The highest BCUT2D eigenvalue weighted by Gasteiger charge is 2.36. The second-order valence-corrected chi connectivity index (χ2v) is 7.67. The number of carbonyl (C=O) groups is 1. The Morgan fingerprint density at radius 2 is 1.81 bits per heavy atom. The second kappa shape index (κ2) is 7.66. The number of thiophene rings is 1. The maximum atomic E-state index is 13.8. The number of carbonyl (C=O) groups excluding carboxylic acids is 1. The third kappa shape index (κ3) is 3.61. The van der Waals surface area contributed by atoms with Gasteiger partial charge in [0.05, 0.1) is 36.6 Å². The smallest absolute Gasteiger partial charge is 0.417 e. The molecule has 0 aliphatic carbocycles. The molecule has 4 rings (SSSR count). The lowest BCUT2D eigenvalue weighted by Gasteiger charge is -2.11. The summed E-state index contributed by atoms with van der Waals surface area (Å²) in [4.78, 5) is 13.1. The third-order valence-electron chi connectivity index (χ3n) is 4.79. The summed E-state index contributed by atoms with van der Waals surface area (Å²) in [5.74, 6) is 0.523. The highest BCUT2D eigenvalue weighted by Crippen LogP contribution is 2.45. The van der Waals surface area contributed by atoms with E-state index in [2.05, 4.69) is 0 Å². The molecule has 0 saturated heterocycles. The van der Waals surface area contributed by atoms with Crippen molar-refractivity contribution in [3.8, 4) is 22.8 Å². The summed E-state index contributed by atoms with van der Waals surface area (Å²) in [5.41, 5.74) is 5.42. The van der Waals surface area contributed by atoms with Gasteiger partial charge in [-0.2, -0.15) is 13.2 Å². The predicted molar refractivity (Wildman–Crippen MR) is 112 cm³/mol. The van der Waals surface area contributed by atoms with Crippen LogP contribution in [0.1, 0.15) is 20.8 Å². The van der Waals surface area contributed by atoms with E-state index in [0.29, 0.717) is 11.5 Å². The fourth-order valence-corrected chi connectivity index (χ4v) is 4.49. The van der Waals surface area contributed by atoms with E-state index in [1.165, 1.54) is 38.7 Å². The molecule has 0 atom stereocenters. The van der Waals surface area contributed by atoms with Gasteiger partial charge >= 0.3 is 6.18 Å². The van der Waals surface area contributed by atoms with Crippen molar-refractivity contribution < 1.29 is 31.9 Å². The number of rotatable bonds is 5. The number of ketones is 1. The molecule has 0 aliphatic rings. The van der Waals surface area contributed by atoms with Crippen LogP contribution in [0.5, 0.6) is 11.5 Å². The van der Waals surface area contributed by atoms with Gasteiger partial charge in [0.2, 0.25) is 5.78 Å². The van der Waals surface area contributed by atoms with Crippen LogP contribution in [0.2, 0.25) is 0 Å². The fourth-order valence-electron chi connectivity index (χ4n) is 3.34. The van der Waals surface area contributed by atoms with Crippen molar-refractivity contribution in [1.82, 2.24) is 0 Å². The number of benzene rings is 2. The maximum Gasteiger partial charge on any atom is 0.417 e. The summed E-state index contributed by atoms with van der Waals surface area (Å²) in [7, 11) is 2.88. The van der Waals surface area contributed by atoms with E-state index in [0.717, 1.165) is 17.4 Å². The van der Waals surface area contributed by atoms with Crippen LogP contribution in [-0.2, 0) is 6.18 Å². The van der Waals surface area contributed by atoms with Crippen molar-refractivity contribution in [2.75, 3.05) is 20.0 Å². The Kier molecular flexibility index (Phi) is 5.14. The van der Waals surface area contributed by atoms with E-state index in [-0.39, 0.29) is 37.5 Å². The molecule has 0 saturated carbocycles. The van der Waals surface area contributed by atoms with Crippen LogP contribution in [-0.4, -0.2) is 20.0 Å². The van der Waals surface area contributed by atoms with Gasteiger partial charge in [-0.1, -0.05) is 0 Å². The fraction of sp³-hybridized carbons (Fsp3) is 0.136. The third-order valence-corrected chi connectivity index (χ3v) is 5.94. The number of nitrogens with two attached hydrogens (primary N) is 1. The summed E-state index contributed by atoms with van der Waals surface area (Å²) in [6.07, 6.45) is -3.29. The van der Waals surface area contributed by atoms with Gasteiger partial charge < -0.3 is 19.6 Å². The van der Waals surface area contributed by atoms with Gasteiger partial charge in [0.15, 0.2) is 11.5 Å². The number of ether oxygens (including phenoxy) is 2. The van der Waals surface area contributed by atoms with Crippen LogP contribution in [0.4, 0.5) is 18.9 Å². The summed E-state index contributed by atoms with van der Waals surface area (Å²) in [6.45, 7) is 0. The molecule has 9 heteroatoms. The molecule has 0 radical (unpaired) electrons. The van der Waals surface area contributed by atoms with E-state index in [1.54, 1.807) is 18.2 Å². The topological polar surface area (TPSA) is 74.7 Å². The summed E-state index contributed by atoms with van der Waals surface area (Å²) in [5, 5.41) is -0.198. The minimum absolute atomic E-state index is 0.0179. The highest BCUT2D eigenvalue weighted by atomic mass is 32.1. The molecule has 0 unspecified atom stereocenters. The zero-order valence-corrected chi connectivity index (χ0v) is 17.2. The molecular weight excluding hydrogens is 431 g/mol. The lowest BCUT2D eigenvalue weighted by atomic mass is 10.0. The number of halogens is 3. The number of furan rings is 1. The molecule has 0 amide bonds. The lowest BCUT2D eigenvalue weighted by Crippen LogP contribution is -2.07. The number of anilines is 1. The Bertz CT molecular complexity index is 1280. The van der Waals surface area contributed by atoms with Crippen molar-refractivity contribution in [2.45, 2.75) is 6.18 Å². The van der Waals surface area contributed by atoms with Gasteiger partial charge in [0.1, 0.15) is 5.76 Å². The molecule has 2 aromatic heterocycles. The first-order valence-corrected chi connectivity index (χ1v) is 9.80. The molecular formula is C22H16F3NO4S. The van der Waals surface area contributed by atoms with Gasteiger partial charge in [-0.05, 0) is 42.5 Å². The number of nitrogen functional groups attached to an aromatic ring is 1. The maximum absolute atomic E-state index is 13.8. The average molecular weight is 447 g/mol. The first kappa shape index (κ1) is 20.8. The molecule has 160 valence electrons. The van der Waals surface area contributed by atoms with Crippen LogP contribution in [0.3, 0.4) is 0 Å². The normalized spacial score (nSPS) is 11.6. The summed E-state index contributed by atoms with van der Waals surface area (Å²) in [6, 6.07) is 10.2. The van der Waals surface area contributed by atoms with Crippen LogP contribution in [0.15, 0.2) is 53.1 Å². The minimum atomic E-state index is -4.67. The predicted octanol–water partition coefficient (Wildman–Crippen LogP) is 6.01. The van der Waals surface area contributed by atoms with Crippen LogP contribution >= 0.6 is 11.3 Å². The molecule has 2 N–H and O–H groups in total. The standard InChI is InChI=1S/C22H16F3NO4S/c1-28-15-6-5-11(9-16(15)29-2)20(27)21-19(26)18-13(22(23,24)25)8-12(10-17(18)31-21)14-4-3-7-30-14/h3-10H,26H2,1-2H3. The highest BCUT2D eigenvalue weighted by molar-refractivity contribution is 7.21. The summed E-state index contributed by atoms with van der Waals surface area (Å²) < 4.78 is 57.4. The van der Waals surface area contributed by atoms with Gasteiger partial charge in [-0.3, -0.25) is 4.79 Å². The van der Waals surface area contributed by atoms with E-state index in [9.17, 15) is 18.0 Å². The van der Waals surface area contributed by atoms with Gasteiger partial charge in [0, 0.05) is 21.2 Å². The monoisotopic (exact) mass is 447 g/mol. The lowest BCUT2D eigenvalue weighted by molar-refractivity contribution is -0.136. The Labute approximate surface area is 178 Å². The first-order chi connectivity index (χ1) is 14.7.